The maximum atomic E-state index is 11.9. The van der Waals surface area contributed by atoms with Gasteiger partial charge in [-0.1, -0.05) is 23.8 Å². The van der Waals surface area contributed by atoms with E-state index in [4.69, 9.17) is 29.6 Å². The molecule has 98 valence electrons. The van der Waals surface area contributed by atoms with Crippen LogP contribution in [-0.2, 0) is 0 Å². The zero-order chi connectivity index (χ0) is 13.5. The molecule has 1 aromatic rings. The third-order valence-electron chi connectivity index (χ3n) is 2.39. The number of anilines is 1. The van der Waals surface area contributed by atoms with Crippen molar-refractivity contribution in [2.45, 2.75) is 13.3 Å². The minimum atomic E-state index is -0.170. The van der Waals surface area contributed by atoms with Gasteiger partial charge >= 0.3 is 6.03 Å². The molecule has 0 bridgehead atoms. The van der Waals surface area contributed by atoms with Crippen molar-refractivity contribution in [3.05, 3.63) is 29.3 Å². The maximum Gasteiger partial charge on any atom is 0.321 e. The van der Waals surface area contributed by atoms with Crippen molar-refractivity contribution in [2.24, 2.45) is 5.73 Å². The number of hydrogen-bond donors (Lipinski definition) is 2. The van der Waals surface area contributed by atoms with Gasteiger partial charge in [0, 0.05) is 30.2 Å². The van der Waals surface area contributed by atoms with Gasteiger partial charge in [0.25, 0.3) is 0 Å². The van der Waals surface area contributed by atoms with Crippen LogP contribution < -0.4 is 11.1 Å². The Kier molecular flexibility index (Phi) is 5.88. The molecule has 0 aliphatic carbocycles. The number of nitrogens with two attached hydrogens (primary N) is 1. The molecule has 0 aromatic heterocycles. The summed E-state index contributed by atoms with van der Waals surface area (Å²) in [6.07, 6.45) is 0.525. The van der Waals surface area contributed by atoms with Crippen LogP contribution >= 0.6 is 23.8 Å². The lowest BCUT2D eigenvalue weighted by Gasteiger charge is -2.21. The molecule has 6 heteroatoms. The highest BCUT2D eigenvalue weighted by Crippen LogP contribution is 2.13. The summed E-state index contributed by atoms with van der Waals surface area (Å²) in [6.45, 7) is 3.02. The molecule has 4 nitrogen and oxygen atoms in total. The third kappa shape index (κ3) is 4.89. The Morgan fingerprint density at radius 2 is 2.06 bits per heavy atom. The normalized spacial score (nSPS) is 9.89. The fraction of sp³-hybridized carbons (Fsp3) is 0.333. The summed E-state index contributed by atoms with van der Waals surface area (Å²) >= 11 is 10.6. The van der Waals surface area contributed by atoms with Gasteiger partial charge in [-0.15, -0.1) is 0 Å². The van der Waals surface area contributed by atoms with E-state index in [-0.39, 0.29) is 6.03 Å². The second-order valence-corrected chi connectivity index (χ2v) is 4.69. The van der Waals surface area contributed by atoms with Crippen LogP contribution in [-0.4, -0.2) is 29.0 Å². The number of carbonyl (C=O) groups excluding carboxylic acids is 1. The molecule has 0 aliphatic heterocycles. The molecule has 0 saturated heterocycles. The first-order valence-electron chi connectivity index (χ1n) is 5.62. The number of nitrogens with zero attached hydrogens (tertiary/aromatic N) is 1. The average molecular weight is 286 g/mol. The van der Waals surface area contributed by atoms with Crippen LogP contribution in [0.3, 0.4) is 0 Å². The monoisotopic (exact) mass is 285 g/mol. The molecule has 1 rings (SSSR count). The van der Waals surface area contributed by atoms with Crippen LogP contribution in [0.1, 0.15) is 13.3 Å². The van der Waals surface area contributed by atoms with E-state index in [1.54, 1.807) is 29.2 Å². The van der Waals surface area contributed by atoms with E-state index >= 15 is 0 Å². The second kappa shape index (κ2) is 7.18. The smallest absolute Gasteiger partial charge is 0.321 e. The molecule has 0 unspecified atom stereocenters. The van der Waals surface area contributed by atoms with Gasteiger partial charge in [0.1, 0.15) is 0 Å². The summed E-state index contributed by atoms with van der Waals surface area (Å²) in [6, 6.07) is 6.78. The number of nitrogens with one attached hydrogen (secondary N) is 1. The van der Waals surface area contributed by atoms with E-state index in [2.05, 4.69) is 5.32 Å². The fourth-order valence-corrected chi connectivity index (χ4v) is 1.60. The number of benzene rings is 1. The van der Waals surface area contributed by atoms with E-state index < -0.39 is 0 Å². The summed E-state index contributed by atoms with van der Waals surface area (Å²) in [5.74, 6) is 0. The molecule has 0 radical (unpaired) electrons. The van der Waals surface area contributed by atoms with E-state index in [9.17, 15) is 4.79 Å². The first-order chi connectivity index (χ1) is 8.52. The van der Waals surface area contributed by atoms with Gasteiger partial charge in [0.05, 0.1) is 4.99 Å². The van der Waals surface area contributed by atoms with Gasteiger partial charge in [0.2, 0.25) is 0 Å². The lowest BCUT2D eigenvalue weighted by Crippen LogP contribution is -2.36. The highest BCUT2D eigenvalue weighted by atomic mass is 35.5. The third-order valence-corrected chi connectivity index (χ3v) is 2.85. The van der Waals surface area contributed by atoms with Crippen LogP contribution in [0.5, 0.6) is 0 Å². The van der Waals surface area contributed by atoms with Crippen LogP contribution in [0.4, 0.5) is 10.5 Å². The molecule has 0 fully saturated rings. The first kappa shape index (κ1) is 14.7. The van der Waals surface area contributed by atoms with Crippen LogP contribution in [0, 0.1) is 0 Å². The lowest BCUT2D eigenvalue weighted by molar-refractivity contribution is 0.216. The number of rotatable bonds is 5. The van der Waals surface area contributed by atoms with Crippen LogP contribution in [0.2, 0.25) is 5.02 Å². The summed E-state index contributed by atoms with van der Waals surface area (Å²) in [4.78, 5) is 14.0. The van der Waals surface area contributed by atoms with E-state index in [0.29, 0.717) is 35.2 Å². The summed E-state index contributed by atoms with van der Waals surface area (Å²) in [5, 5.41) is 3.42. The molecule has 0 spiro atoms. The van der Waals surface area contributed by atoms with Crippen molar-refractivity contribution in [2.75, 3.05) is 18.4 Å². The quantitative estimate of drug-likeness (QED) is 0.818. The van der Waals surface area contributed by atoms with Crippen molar-refractivity contribution in [1.82, 2.24) is 4.90 Å². The molecule has 2 amide bonds. The number of hydrogen-bond acceptors (Lipinski definition) is 2. The van der Waals surface area contributed by atoms with Gasteiger partial charge < -0.3 is 16.0 Å². The highest BCUT2D eigenvalue weighted by Gasteiger charge is 2.11. The minimum absolute atomic E-state index is 0.170. The highest BCUT2D eigenvalue weighted by molar-refractivity contribution is 7.80. The average Bonchev–Trinajstić information content (AvgIpc) is 2.32. The molecule has 1 aromatic carbocycles. The zero-order valence-corrected chi connectivity index (χ0v) is 11.7. The molecule has 18 heavy (non-hydrogen) atoms. The van der Waals surface area contributed by atoms with Crippen LogP contribution in [0.15, 0.2) is 24.3 Å². The van der Waals surface area contributed by atoms with Crippen molar-refractivity contribution in [1.29, 1.82) is 0 Å². The fourth-order valence-electron chi connectivity index (χ4n) is 1.38. The van der Waals surface area contributed by atoms with Crippen molar-refractivity contribution in [3.63, 3.8) is 0 Å². The van der Waals surface area contributed by atoms with Gasteiger partial charge in [-0.2, -0.15) is 0 Å². The molecule has 0 atom stereocenters. The Morgan fingerprint density at radius 1 is 1.44 bits per heavy atom. The molecular weight excluding hydrogens is 270 g/mol. The second-order valence-electron chi connectivity index (χ2n) is 3.73. The van der Waals surface area contributed by atoms with Crippen molar-refractivity contribution < 1.29 is 4.79 Å². The maximum absolute atomic E-state index is 11.9. The van der Waals surface area contributed by atoms with Gasteiger partial charge in [0.15, 0.2) is 0 Å². The number of amides is 2. The van der Waals surface area contributed by atoms with E-state index in [1.165, 1.54) is 0 Å². The Labute approximate surface area is 117 Å². The number of carbonyl (C=O) groups is 1. The lowest BCUT2D eigenvalue weighted by atomic mass is 10.3. The standard InChI is InChI=1S/C12H16ClN3OS/c1-2-16(8-7-11(14)18)12(17)15-10-5-3-9(13)4-6-10/h3-6H,2,7-8H2,1H3,(H2,14,18)(H,15,17). The summed E-state index contributed by atoms with van der Waals surface area (Å²) < 4.78 is 0. The van der Waals surface area contributed by atoms with E-state index in [0.717, 1.165) is 0 Å². The van der Waals surface area contributed by atoms with Crippen molar-refractivity contribution in [3.8, 4) is 0 Å². The van der Waals surface area contributed by atoms with Gasteiger partial charge in [-0.3, -0.25) is 0 Å². The number of urea groups is 1. The van der Waals surface area contributed by atoms with Gasteiger partial charge in [-0.05, 0) is 31.2 Å². The molecule has 0 saturated carbocycles. The number of thiocarbonyl (C=S) groups is 1. The molecular formula is C12H16ClN3OS. The molecule has 0 aliphatic rings. The Bertz CT molecular complexity index is 422. The number of halogens is 1. The van der Waals surface area contributed by atoms with Gasteiger partial charge in [-0.25, -0.2) is 4.79 Å². The molecule has 3 N–H and O–H groups in total. The minimum Gasteiger partial charge on any atom is -0.393 e. The summed E-state index contributed by atoms with van der Waals surface area (Å²) in [7, 11) is 0. The Hall–Kier alpha value is -1.33. The zero-order valence-electron chi connectivity index (χ0n) is 10.1. The molecule has 0 heterocycles. The topological polar surface area (TPSA) is 58.4 Å². The summed E-state index contributed by atoms with van der Waals surface area (Å²) in [5.41, 5.74) is 6.13. The Morgan fingerprint density at radius 3 is 2.56 bits per heavy atom. The first-order valence-corrected chi connectivity index (χ1v) is 6.41. The van der Waals surface area contributed by atoms with E-state index in [1.807, 2.05) is 6.92 Å². The SMILES string of the molecule is CCN(CCC(N)=S)C(=O)Nc1ccc(Cl)cc1. The van der Waals surface area contributed by atoms with Crippen molar-refractivity contribution >= 4 is 40.5 Å². The Balaban J connectivity index is 2.56. The predicted octanol–water partition coefficient (Wildman–Crippen LogP) is 2.87. The predicted molar refractivity (Wildman–Crippen MR) is 79.1 cm³/mol. The van der Waals surface area contributed by atoms with Crippen LogP contribution in [0.25, 0.3) is 0 Å². The largest absolute Gasteiger partial charge is 0.393 e.